The summed E-state index contributed by atoms with van der Waals surface area (Å²) >= 11 is 1.69. The van der Waals surface area contributed by atoms with Crippen LogP contribution in [0.4, 0.5) is 5.00 Å². The van der Waals surface area contributed by atoms with Crippen LogP contribution in [0.2, 0.25) is 0 Å². The quantitative estimate of drug-likeness (QED) is 0.897. The molecule has 0 aliphatic carbocycles. The van der Waals surface area contributed by atoms with E-state index in [4.69, 9.17) is 0 Å². The van der Waals surface area contributed by atoms with Crippen molar-refractivity contribution in [1.29, 1.82) is 0 Å². The van der Waals surface area contributed by atoms with Crippen molar-refractivity contribution in [3.05, 3.63) is 52.4 Å². The van der Waals surface area contributed by atoms with E-state index < -0.39 is 0 Å². The second kappa shape index (κ2) is 5.05. The van der Waals surface area contributed by atoms with Gasteiger partial charge < -0.3 is 10.6 Å². The molecule has 98 valence electrons. The van der Waals surface area contributed by atoms with E-state index in [0.717, 1.165) is 29.0 Å². The zero-order valence-electron chi connectivity index (χ0n) is 10.8. The van der Waals surface area contributed by atoms with E-state index >= 15 is 0 Å². The summed E-state index contributed by atoms with van der Waals surface area (Å²) in [5.74, 6) is 0.0150. The highest BCUT2D eigenvalue weighted by Gasteiger charge is 2.26. The summed E-state index contributed by atoms with van der Waals surface area (Å²) in [6, 6.07) is 12.0. The van der Waals surface area contributed by atoms with Crippen molar-refractivity contribution in [3.8, 4) is 0 Å². The highest BCUT2D eigenvalue weighted by Crippen LogP contribution is 2.34. The predicted octanol–water partition coefficient (Wildman–Crippen LogP) is 3.55. The lowest BCUT2D eigenvalue weighted by Crippen LogP contribution is -2.37. The third kappa shape index (κ3) is 2.36. The van der Waals surface area contributed by atoms with Crippen LogP contribution in [0.25, 0.3) is 0 Å². The fraction of sp³-hybridized carbons (Fsp3) is 0.267. The second-order valence-electron chi connectivity index (χ2n) is 4.67. The molecule has 3 nitrogen and oxygen atoms in total. The molecule has 0 spiro atoms. The zero-order chi connectivity index (χ0) is 13.2. The minimum atomic E-state index is -0.130. The average Bonchev–Trinajstić information content (AvgIpc) is 2.83. The standard InChI is InChI=1S/C15H16N2OS/c1-2-6-11-9-12-14(18)16-13(17-15(12)19-11)10-7-4-3-5-8-10/h3-5,7-9,13,17H,2,6H2,1H3,(H,16,18)/t13-/m1/s1. The van der Waals surface area contributed by atoms with Crippen molar-refractivity contribution < 1.29 is 4.79 Å². The lowest BCUT2D eigenvalue weighted by molar-refractivity contribution is 0.0936. The number of rotatable bonds is 3. The van der Waals surface area contributed by atoms with Gasteiger partial charge in [0.1, 0.15) is 11.2 Å². The van der Waals surface area contributed by atoms with Crippen LogP contribution in [0, 0.1) is 0 Å². The monoisotopic (exact) mass is 272 g/mol. The first kappa shape index (κ1) is 12.2. The molecule has 3 rings (SSSR count). The molecule has 4 heteroatoms. The van der Waals surface area contributed by atoms with Crippen molar-refractivity contribution >= 4 is 22.2 Å². The minimum Gasteiger partial charge on any atom is -0.353 e. The maximum absolute atomic E-state index is 12.1. The van der Waals surface area contributed by atoms with Crippen LogP contribution in [-0.2, 0) is 6.42 Å². The number of anilines is 1. The third-order valence-electron chi connectivity index (χ3n) is 3.21. The molecule has 1 amide bonds. The molecule has 0 saturated heterocycles. The number of amides is 1. The van der Waals surface area contributed by atoms with Crippen molar-refractivity contribution in [2.45, 2.75) is 25.9 Å². The Morgan fingerprint density at radius 3 is 2.74 bits per heavy atom. The molecule has 0 unspecified atom stereocenters. The third-order valence-corrected chi connectivity index (χ3v) is 4.33. The molecule has 19 heavy (non-hydrogen) atoms. The number of nitrogens with one attached hydrogen (secondary N) is 2. The van der Waals surface area contributed by atoms with E-state index in [-0.39, 0.29) is 12.1 Å². The molecule has 1 aliphatic rings. The first-order valence-corrected chi connectivity index (χ1v) is 7.34. The molecule has 1 aromatic carbocycles. The Kier molecular flexibility index (Phi) is 3.25. The lowest BCUT2D eigenvalue weighted by Gasteiger charge is -2.25. The van der Waals surface area contributed by atoms with Crippen LogP contribution >= 0.6 is 11.3 Å². The Bertz CT molecular complexity index is 591. The van der Waals surface area contributed by atoms with Crippen LogP contribution < -0.4 is 10.6 Å². The van der Waals surface area contributed by atoms with Gasteiger partial charge in [-0.05, 0) is 18.1 Å². The molecule has 2 N–H and O–H groups in total. The molecule has 1 atom stereocenters. The predicted molar refractivity (Wildman–Crippen MR) is 78.6 cm³/mol. The number of carbonyl (C=O) groups excluding carboxylic acids is 1. The molecule has 0 bridgehead atoms. The fourth-order valence-corrected chi connectivity index (χ4v) is 3.46. The molecule has 2 heterocycles. The van der Waals surface area contributed by atoms with Crippen LogP contribution in [-0.4, -0.2) is 5.91 Å². The van der Waals surface area contributed by atoms with Gasteiger partial charge in [-0.3, -0.25) is 4.79 Å². The van der Waals surface area contributed by atoms with Crippen LogP contribution in [0.5, 0.6) is 0 Å². The molecule has 1 aliphatic heterocycles. The van der Waals surface area contributed by atoms with E-state index in [1.807, 2.05) is 36.4 Å². The van der Waals surface area contributed by atoms with E-state index in [1.54, 1.807) is 11.3 Å². The summed E-state index contributed by atoms with van der Waals surface area (Å²) in [6.45, 7) is 2.15. The minimum absolute atomic E-state index is 0.0150. The van der Waals surface area contributed by atoms with Gasteiger partial charge in [-0.25, -0.2) is 0 Å². The van der Waals surface area contributed by atoms with Crippen LogP contribution in [0.1, 0.15) is 40.3 Å². The summed E-state index contributed by atoms with van der Waals surface area (Å²) in [4.78, 5) is 13.4. The van der Waals surface area contributed by atoms with E-state index in [0.29, 0.717) is 0 Å². The molecular formula is C15H16N2OS. The largest absolute Gasteiger partial charge is 0.353 e. The summed E-state index contributed by atoms with van der Waals surface area (Å²) in [7, 11) is 0. The maximum atomic E-state index is 12.1. The van der Waals surface area contributed by atoms with Gasteiger partial charge in [-0.2, -0.15) is 0 Å². The lowest BCUT2D eigenvalue weighted by atomic mass is 10.1. The first-order valence-electron chi connectivity index (χ1n) is 6.53. The number of aryl methyl sites for hydroxylation is 1. The number of fused-ring (bicyclic) bond motifs is 1. The maximum Gasteiger partial charge on any atom is 0.256 e. The van der Waals surface area contributed by atoms with Crippen molar-refractivity contribution in [2.24, 2.45) is 0 Å². The first-order chi connectivity index (χ1) is 9.28. The molecule has 2 aromatic rings. The van der Waals surface area contributed by atoms with Crippen molar-refractivity contribution in [2.75, 3.05) is 5.32 Å². The molecular weight excluding hydrogens is 256 g/mol. The van der Waals surface area contributed by atoms with Crippen molar-refractivity contribution in [1.82, 2.24) is 5.32 Å². The Labute approximate surface area is 116 Å². The molecule has 0 fully saturated rings. The van der Waals surface area contributed by atoms with Gasteiger partial charge in [-0.15, -0.1) is 11.3 Å². The van der Waals surface area contributed by atoms with Gasteiger partial charge in [0.15, 0.2) is 0 Å². The number of benzene rings is 1. The SMILES string of the molecule is CCCc1cc2c(s1)N[C@H](c1ccccc1)NC2=O. The van der Waals surface area contributed by atoms with E-state index in [1.165, 1.54) is 4.88 Å². The highest BCUT2D eigenvalue weighted by molar-refractivity contribution is 7.16. The van der Waals surface area contributed by atoms with Crippen molar-refractivity contribution in [3.63, 3.8) is 0 Å². The highest BCUT2D eigenvalue weighted by atomic mass is 32.1. The second-order valence-corrected chi connectivity index (χ2v) is 5.80. The zero-order valence-corrected chi connectivity index (χ0v) is 11.6. The molecule has 1 aromatic heterocycles. The van der Waals surface area contributed by atoms with Gasteiger partial charge in [0, 0.05) is 4.88 Å². The summed E-state index contributed by atoms with van der Waals surface area (Å²) in [6.07, 6.45) is 2.00. The smallest absolute Gasteiger partial charge is 0.256 e. The van der Waals surface area contributed by atoms with Gasteiger partial charge >= 0.3 is 0 Å². The van der Waals surface area contributed by atoms with E-state index in [2.05, 4.69) is 17.6 Å². The number of thiophene rings is 1. The normalized spacial score (nSPS) is 17.5. The van der Waals surface area contributed by atoms with Gasteiger partial charge in [0.2, 0.25) is 0 Å². The Morgan fingerprint density at radius 1 is 1.21 bits per heavy atom. The van der Waals surface area contributed by atoms with Gasteiger partial charge in [0.05, 0.1) is 5.56 Å². The molecule has 0 saturated carbocycles. The Morgan fingerprint density at radius 2 is 2.00 bits per heavy atom. The fourth-order valence-electron chi connectivity index (χ4n) is 2.28. The molecule has 0 radical (unpaired) electrons. The Hall–Kier alpha value is -1.81. The number of hydrogen-bond acceptors (Lipinski definition) is 3. The number of carbonyl (C=O) groups is 1. The topological polar surface area (TPSA) is 41.1 Å². The Balaban J connectivity index is 1.89. The summed E-state index contributed by atoms with van der Waals surface area (Å²) in [5.41, 5.74) is 1.85. The number of hydrogen-bond donors (Lipinski definition) is 2. The van der Waals surface area contributed by atoms with Crippen LogP contribution in [0.15, 0.2) is 36.4 Å². The van der Waals surface area contributed by atoms with Gasteiger partial charge in [-0.1, -0.05) is 43.7 Å². The van der Waals surface area contributed by atoms with E-state index in [9.17, 15) is 4.79 Å². The van der Waals surface area contributed by atoms with Crippen LogP contribution in [0.3, 0.4) is 0 Å². The summed E-state index contributed by atoms with van der Waals surface area (Å²) < 4.78 is 0. The van der Waals surface area contributed by atoms with Gasteiger partial charge in [0.25, 0.3) is 5.91 Å². The summed E-state index contributed by atoms with van der Waals surface area (Å²) in [5, 5.41) is 7.40. The average molecular weight is 272 g/mol.